The van der Waals surface area contributed by atoms with Gasteiger partial charge in [-0.2, -0.15) is 0 Å². The van der Waals surface area contributed by atoms with Crippen molar-refractivity contribution >= 4 is 23.0 Å². The summed E-state index contributed by atoms with van der Waals surface area (Å²) in [5.74, 6) is -5.29. The van der Waals surface area contributed by atoms with E-state index in [1.807, 2.05) is 0 Å². The summed E-state index contributed by atoms with van der Waals surface area (Å²) < 4.78 is 40.4. The minimum atomic E-state index is -1.31. The van der Waals surface area contributed by atoms with Crippen molar-refractivity contribution in [2.75, 3.05) is 0 Å². The number of ketones is 1. The van der Waals surface area contributed by atoms with Gasteiger partial charge in [0.15, 0.2) is 5.78 Å². The topological polar surface area (TPSA) is 87.7 Å². The lowest BCUT2D eigenvalue weighted by molar-refractivity contribution is 0.0946. The number of hydrogen-bond acceptors (Lipinski definition) is 5. The van der Waals surface area contributed by atoms with Crippen molar-refractivity contribution in [3.05, 3.63) is 68.7 Å². The second-order valence-corrected chi connectivity index (χ2v) is 6.54. The van der Waals surface area contributed by atoms with Crippen LogP contribution in [-0.2, 0) is 6.54 Å². The Labute approximate surface area is 149 Å². The molecular formula is C16H11F3N4O2S. The molecule has 0 unspecified atom stereocenters. The molecule has 2 heterocycles. The van der Waals surface area contributed by atoms with Crippen molar-refractivity contribution in [1.82, 2.24) is 20.5 Å². The Bertz CT molecular complexity index is 976. The van der Waals surface area contributed by atoms with Gasteiger partial charge in [-0.05, 0) is 13.0 Å². The number of hydrogen-bond donors (Lipinski definition) is 2. The number of aromatic amines is 1. The molecule has 134 valence electrons. The van der Waals surface area contributed by atoms with E-state index in [1.165, 1.54) is 11.3 Å². The minimum absolute atomic E-state index is 0.0255. The Balaban J connectivity index is 1.75. The van der Waals surface area contributed by atoms with Gasteiger partial charge in [0.05, 0.1) is 12.1 Å². The Hall–Kier alpha value is -3.01. The van der Waals surface area contributed by atoms with E-state index in [-0.39, 0.29) is 17.8 Å². The normalized spacial score (nSPS) is 10.8. The molecule has 0 aliphatic carbocycles. The van der Waals surface area contributed by atoms with Crippen LogP contribution in [-0.4, -0.2) is 26.9 Å². The zero-order valence-electron chi connectivity index (χ0n) is 13.3. The van der Waals surface area contributed by atoms with Gasteiger partial charge >= 0.3 is 0 Å². The lowest BCUT2D eigenvalue weighted by atomic mass is 10.0. The van der Waals surface area contributed by atoms with Gasteiger partial charge in [-0.1, -0.05) is 11.3 Å². The number of aryl methyl sites for hydroxylation is 1. The van der Waals surface area contributed by atoms with Gasteiger partial charge in [0.1, 0.15) is 33.2 Å². The van der Waals surface area contributed by atoms with Gasteiger partial charge in [-0.15, -0.1) is 10.2 Å². The van der Waals surface area contributed by atoms with Crippen molar-refractivity contribution in [3.63, 3.8) is 0 Å². The highest BCUT2D eigenvalue weighted by molar-refractivity contribution is 7.11. The summed E-state index contributed by atoms with van der Waals surface area (Å²) in [6, 6.07) is 1.99. The number of benzene rings is 1. The van der Waals surface area contributed by atoms with Crippen LogP contribution in [0, 0.1) is 24.4 Å². The van der Waals surface area contributed by atoms with E-state index in [4.69, 9.17) is 0 Å². The van der Waals surface area contributed by atoms with Crippen LogP contribution in [0.3, 0.4) is 0 Å². The molecule has 0 fully saturated rings. The highest BCUT2D eigenvalue weighted by Gasteiger charge is 2.22. The summed E-state index contributed by atoms with van der Waals surface area (Å²) in [7, 11) is 0. The number of carbonyl (C=O) groups excluding carboxylic acids is 2. The summed E-state index contributed by atoms with van der Waals surface area (Å²) in [6.07, 6.45) is 1.15. The molecule has 0 aliphatic heterocycles. The highest BCUT2D eigenvalue weighted by Crippen LogP contribution is 2.19. The molecule has 26 heavy (non-hydrogen) atoms. The van der Waals surface area contributed by atoms with Gasteiger partial charge in [0.2, 0.25) is 0 Å². The molecule has 6 nitrogen and oxygen atoms in total. The maximum Gasteiger partial charge on any atom is 0.268 e. The molecule has 3 aromatic rings. The molecule has 0 bridgehead atoms. The van der Waals surface area contributed by atoms with Gasteiger partial charge in [-0.25, -0.2) is 13.2 Å². The Morgan fingerprint density at radius 2 is 1.85 bits per heavy atom. The van der Waals surface area contributed by atoms with E-state index in [2.05, 4.69) is 20.5 Å². The summed E-state index contributed by atoms with van der Waals surface area (Å²) in [5, 5.41) is 11.6. The summed E-state index contributed by atoms with van der Waals surface area (Å²) in [5.41, 5.74) is -0.995. The molecule has 0 spiro atoms. The second kappa shape index (κ2) is 7.08. The zero-order valence-corrected chi connectivity index (χ0v) is 14.1. The average Bonchev–Trinajstić information content (AvgIpc) is 3.20. The third-order valence-electron chi connectivity index (χ3n) is 3.39. The first kappa shape index (κ1) is 17.8. The Morgan fingerprint density at radius 3 is 2.46 bits per heavy atom. The van der Waals surface area contributed by atoms with Crippen LogP contribution in [0.4, 0.5) is 13.2 Å². The lowest BCUT2D eigenvalue weighted by Gasteiger charge is -2.03. The quantitative estimate of drug-likeness (QED) is 0.667. The third kappa shape index (κ3) is 3.64. The molecule has 10 heteroatoms. The van der Waals surface area contributed by atoms with Crippen LogP contribution >= 0.6 is 11.3 Å². The fraction of sp³-hybridized carbons (Fsp3) is 0.125. The Kier molecular flexibility index (Phi) is 4.85. The summed E-state index contributed by atoms with van der Waals surface area (Å²) >= 11 is 1.32. The number of rotatable bonds is 5. The summed E-state index contributed by atoms with van der Waals surface area (Å²) in [6.45, 7) is 1.92. The predicted molar refractivity (Wildman–Crippen MR) is 86.4 cm³/mol. The molecule has 0 atom stereocenters. The van der Waals surface area contributed by atoms with E-state index in [9.17, 15) is 22.8 Å². The molecule has 0 radical (unpaired) electrons. The van der Waals surface area contributed by atoms with E-state index in [0.717, 1.165) is 17.3 Å². The number of nitrogens with one attached hydrogen (secondary N) is 2. The molecule has 0 saturated carbocycles. The molecule has 1 aromatic carbocycles. The monoisotopic (exact) mass is 380 g/mol. The fourth-order valence-electron chi connectivity index (χ4n) is 2.22. The van der Waals surface area contributed by atoms with Gasteiger partial charge in [-0.3, -0.25) is 9.59 Å². The van der Waals surface area contributed by atoms with E-state index >= 15 is 0 Å². The number of H-pyrrole nitrogens is 1. The second-order valence-electron chi connectivity index (χ2n) is 5.27. The standard InChI is InChI=1S/C16H11F3N4O2S/c1-7-22-23-13(26-7)6-21-16(25)12-2-8(5-20-12)15(24)14-10(18)3-9(17)4-11(14)19/h2-5,20H,6H2,1H3,(H,21,25). The van der Waals surface area contributed by atoms with Gasteiger partial charge in [0, 0.05) is 23.9 Å². The van der Waals surface area contributed by atoms with Crippen molar-refractivity contribution in [1.29, 1.82) is 0 Å². The fourth-order valence-corrected chi connectivity index (χ4v) is 2.87. The van der Waals surface area contributed by atoms with Crippen LogP contribution in [0.15, 0.2) is 24.4 Å². The van der Waals surface area contributed by atoms with Crippen molar-refractivity contribution < 1.29 is 22.8 Å². The zero-order chi connectivity index (χ0) is 18.8. The summed E-state index contributed by atoms with van der Waals surface area (Å²) in [4.78, 5) is 26.9. The predicted octanol–water partition coefficient (Wildman–Crippen LogP) is 2.75. The minimum Gasteiger partial charge on any atom is -0.356 e. The molecule has 1 amide bonds. The van der Waals surface area contributed by atoms with Crippen LogP contribution in [0.5, 0.6) is 0 Å². The molecule has 3 rings (SSSR count). The number of halogens is 3. The van der Waals surface area contributed by atoms with Gasteiger partial charge in [0.25, 0.3) is 5.91 Å². The number of carbonyl (C=O) groups is 2. The Morgan fingerprint density at radius 1 is 1.15 bits per heavy atom. The SMILES string of the molecule is Cc1nnc(CNC(=O)c2cc(C(=O)c3c(F)cc(F)cc3F)c[nH]2)s1. The van der Waals surface area contributed by atoms with Crippen LogP contribution in [0.25, 0.3) is 0 Å². The molecule has 0 aliphatic rings. The number of amides is 1. The molecular weight excluding hydrogens is 369 g/mol. The van der Waals surface area contributed by atoms with E-state index in [1.54, 1.807) is 6.92 Å². The average molecular weight is 380 g/mol. The largest absolute Gasteiger partial charge is 0.356 e. The first-order valence-corrected chi connectivity index (χ1v) is 8.11. The van der Waals surface area contributed by atoms with E-state index in [0.29, 0.717) is 17.1 Å². The van der Waals surface area contributed by atoms with Crippen molar-refractivity contribution in [2.24, 2.45) is 0 Å². The molecule has 2 N–H and O–H groups in total. The number of aromatic nitrogens is 3. The highest BCUT2D eigenvalue weighted by atomic mass is 32.1. The van der Waals surface area contributed by atoms with Gasteiger partial charge < -0.3 is 10.3 Å². The first-order valence-electron chi connectivity index (χ1n) is 7.30. The van der Waals surface area contributed by atoms with Crippen molar-refractivity contribution in [3.8, 4) is 0 Å². The van der Waals surface area contributed by atoms with E-state index < -0.39 is 34.7 Å². The maximum atomic E-state index is 13.7. The molecule has 2 aromatic heterocycles. The molecule has 0 saturated heterocycles. The van der Waals surface area contributed by atoms with Crippen LogP contribution in [0.1, 0.15) is 36.4 Å². The smallest absolute Gasteiger partial charge is 0.268 e. The van der Waals surface area contributed by atoms with Crippen molar-refractivity contribution in [2.45, 2.75) is 13.5 Å². The lowest BCUT2D eigenvalue weighted by Crippen LogP contribution is -2.23. The van der Waals surface area contributed by atoms with Crippen LogP contribution < -0.4 is 5.32 Å². The first-order chi connectivity index (χ1) is 12.3. The number of nitrogens with zero attached hydrogens (tertiary/aromatic N) is 2. The third-order valence-corrected chi connectivity index (χ3v) is 4.23. The maximum absolute atomic E-state index is 13.7. The van der Waals surface area contributed by atoms with Crippen LogP contribution in [0.2, 0.25) is 0 Å².